The smallest absolute Gasteiger partial charge is 0.337 e. The zero-order chi connectivity index (χ0) is 18.6. The largest absolute Gasteiger partial charge is 0.465 e. The highest BCUT2D eigenvalue weighted by Gasteiger charge is 2.16. The van der Waals surface area contributed by atoms with Crippen molar-refractivity contribution in [1.82, 2.24) is 15.2 Å². The molecule has 2 heterocycles. The number of fused-ring (bicyclic) bond motifs is 1. The lowest BCUT2D eigenvalue weighted by atomic mass is 10.1. The van der Waals surface area contributed by atoms with Crippen LogP contribution in [0.2, 0.25) is 0 Å². The fraction of sp³-hybridized carbons (Fsp3) is 0.318. The Morgan fingerprint density at radius 2 is 2.00 bits per heavy atom. The third kappa shape index (κ3) is 5.11. The van der Waals surface area contributed by atoms with E-state index in [-0.39, 0.29) is 30.8 Å². The van der Waals surface area contributed by atoms with Crippen molar-refractivity contribution in [3.8, 4) is 5.69 Å². The summed E-state index contributed by atoms with van der Waals surface area (Å²) in [5.74, 6) is -0.306. The van der Waals surface area contributed by atoms with Crippen LogP contribution in [0.4, 0.5) is 0 Å². The Morgan fingerprint density at radius 3 is 2.69 bits per heavy atom. The Morgan fingerprint density at radius 1 is 1.21 bits per heavy atom. The highest BCUT2D eigenvalue weighted by Crippen LogP contribution is 2.26. The summed E-state index contributed by atoms with van der Waals surface area (Å²) < 4.78 is 7.09. The number of methoxy groups -OCH3 is 1. The van der Waals surface area contributed by atoms with Gasteiger partial charge in [-0.25, -0.2) is 4.79 Å². The van der Waals surface area contributed by atoms with Crippen LogP contribution in [0.5, 0.6) is 0 Å². The molecule has 7 heteroatoms. The number of aromatic nitrogens is 1. The molecule has 1 saturated heterocycles. The van der Waals surface area contributed by atoms with E-state index in [1.165, 1.54) is 25.5 Å². The number of carbonyl (C=O) groups is 1. The van der Waals surface area contributed by atoms with E-state index in [2.05, 4.69) is 33.5 Å². The molecule has 0 radical (unpaired) electrons. The second kappa shape index (κ2) is 10.6. The van der Waals surface area contributed by atoms with Gasteiger partial charge in [-0.15, -0.1) is 24.8 Å². The third-order valence-electron chi connectivity index (χ3n) is 5.22. The number of nitrogens with one attached hydrogen (secondary N) is 2. The van der Waals surface area contributed by atoms with Gasteiger partial charge in [0, 0.05) is 36.4 Å². The monoisotopic (exact) mass is 435 g/mol. The maximum atomic E-state index is 12.0. The molecular weight excluding hydrogens is 409 g/mol. The lowest BCUT2D eigenvalue weighted by molar-refractivity contribution is 0.0601. The number of benzene rings is 2. The molecule has 0 spiro atoms. The molecule has 2 aromatic carbocycles. The quantitative estimate of drug-likeness (QED) is 0.592. The van der Waals surface area contributed by atoms with Gasteiger partial charge < -0.3 is 19.9 Å². The lowest BCUT2D eigenvalue weighted by Crippen LogP contribution is -2.42. The molecule has 0 aliphatic carbocycles. The molecule has 2 N–H and O–H groups in total. The maximum absolute atomic E-state index is 12.0. The van der Waals surface area contributed by atoms with Crippen molar-refractivity contribution in [2.75, 3.05) is 20.2 Å². The fourth-order valence-corrected chi connectivity index (χ4v) is 3.77. The lowest BCUT2D eigenvalue weighted by Gasteiger charge is -2.23. The van der Waals surface area contributed by atoms with E-state index < -0.39 is 0 Å². The topological polar surface area (TPSA) is 55.3 Å². The summed E-state index contributed by atoms with van der Waals surface area (Å²) in [7, 11) is 1.42. The number of halogens is 2. The molecule has 0 saturated carbocycles. The normalized spacial score (nSPS) is 16.0. The highest BCUT2D eigenvalue weighted by atomic mass is 35.5. The summed E-state index contributed by atoms with van der Waals surface area (Å²) in [6, 6.07) is 16.5. The minimum absolute atomic E-state index is 0. The van der Waals surface area contributed by atoms with Crippen LogP contribution in [0.25, 0.3) is 16.6 Å². The molecule has 1 aromatic heterocycles. The van der Waals surface area contributed by atoms with Crippen molar-refractivity contribution in [2.45, 2.75) is 25.4 Å². The van der Waals surface area contributed by atoms with Crippen LogP contribution in [0.15, 0.2) is 54.7 Å². The predicted octanol–water partition coefficient (Wildman–Crippen LogP) is 4.10. The number of ether oxygens (including phenoxy) is 1. The van der Waals surface area contributed by atoms with Crippen LogP contribution >= 0.6 is 24.8 Å². The Hall–Kier alpha value is -2.05. The summed E-state index contributed by atoms with van der Waals surface area (Å²) in [6.07, 6.45) is 4.57. The summed E-state index contributed by atoms with van der Waals surface area (Å²) in [5, 5.41) is 8.19. The van der Waals surface area contributed by atoms with Crippen LogP contribution in [-0.2, 0) is 11.3 Å². The van der Waals surface area contributed by atoms with Crippen molar-refractivity contribution in [3.05, 3.63) is 65.9 Å². The molecule has 1 aliphatic heterocycles. The second-order valence-corrected chi connectivity index (χ2v) is 7.01. The van der Waals surface area contributed by atoms with Crippen LogP contribution in [0.1, 0.15) is 28.8 Å². The van der Waals surface area contributed by atoms with Gasteiger partial charge in [0.25, 0.3) is 0 Å². The van der Waals surface area contributed by atoms with E-state index in [9.17, 15) is 4.79 Å². The van der Waals surface area contributed by atoms with Crippen LogP contribution in [-0.4, -0.2) is 36.8 Å². The van der Waals surface area contributed by atoms with Crippen molar-refractivity contribution < 1.29 is 9.53 Å². The highest BCUT2D eigenvalue weighted by molar-refractivity contribution is 5.96. The maximum Gasteiger partial charge on any atom is 0.337 e. The minimum Gasteiger partial charge on any atom is -0.465 e. The van der Waals surface area contributed by atoms with Gasteiger partial charge in [-0.05, 0) is 55.3 Å². The summed E-state index contributed by atoms with van der Waals surface area (Å²) in [4.78, 5) is 12.0. The number of hydrogen-bond donors (Lipinski definition) is 2. The van der Waals surface area contributed by atoms with E-state index in [4.69, 9.17) is 4.74 Å². The molecule has 3 aromatic rings. The van der Waals surface area contributed by atoms with Crippen molar-refractivity contribution in [1.29, 1.82) is 0 Å². The number of esters is 1. The van der Waals surface area contributed by atoms with E-state index in [1.54, 1.807) is 0 Å². The van der Waals surface area contributed by atoms with E-state index in [0.29, 0.717) is 11.6 Å². The van der Waals surface area contributed by atoms with Crippen molar-refractivity contribution in [2.24, 2.45) is 0 Å². The first-order valence-corrected chi connectivity index (χ1v) is 9.48. The van der Waals surface area contributed by atoms with Gasteiger partial charge >= 0.3 is 5.97 Å². The standard InChI is InChI=1S/C22H25N3O2.2ClH/c1-27-22(26)16-9-10-21-20(12-16)17(13-24-18-6-5-11-23-14-18)15-25(21)19-7-3-2-4-8-19;;/h2-4,7-10,12,15,18,23-24H,5-6,11,13-14H2,1H3;2*1H. The molecule has 5 nitrogen and oxygen atoms in total. The molecule has 0 bridgehead atoms. The van der Waals surface area contributed by atoms with Gasteiger partial charge in [-0.2, -0.15) is 0 Å². The molecule has 0 amide bonds. The first-order chi connectivity index (χ1) is 13.3. The van der Waals surface area contributed by atoms with Crippen LogP contribution in [0.3, 0.4) is 0 Å². The molecule has 4 rings (SSSR count). The first kappa shape index (κ1) is 23.2. The first-order valence-electron chi connectivity index (χ1n) is 9.48. The molecule has 1 aliphatic rings. The predicted molar refractivity (Wildman–Crippen MR) is 122 cm³/mol. The number of hydrogen-bond acceptors (Lipinski definition) is 4. The van der Waals surface area contributed by atoms with Crippen LogP contribution < -0.4 is 10.6 Å². The van der Waals surface area contributed by atoms with Gasteiger partial charge in [0.1, 0.15) is 0 Å². The second-order valence-electron chi connectivity index (χ2n) is 7.01. The molecule has 1 unspecified atom stereocenters. The molecule has 1 atom stereocenters. The summed E-state index contributed by atoms with van der Waals surface area (Å²) in [6.45, 7) is 2.88. The van der Waals surface area contributed by atoms with E-state index in [1.807, 2.05) is 36.4 Å². The number of rotatable bonds is 5. The number of nitrogens with zero attached hydrogens (tertiary/aromatic N) is 1. The average Bonchev–Trinajstić information content (AvgIpc) is 3.11. The summed E-state index contributed by atoms with van der Waals surface area (Å²) in [5.41, 5.74) is 3.97. The molecule has 29 heavy (non-hydrogen) atoms. The van der Waals surface area contributed by atoms with Crippen molar-refractivity contribution >= 4 is 41.7 Å². The average molecular weight is 436 g/mol. The minimum atomic E-state index is -0.306. The van der Waals surface area contributed by atoms with Crippen molar-refractivity contribution in [3.63, 3.8) is 0 Å². The number of para-hydroxylation sites is 1. The Labute approximate surface area is 183 Å². The Bertz CT molecular complexity index is 938. The third-order valence-corrected chi connectivity index (χ3v) is 5.22. The fourth-order valence-electron chi connectivity index (χ4n) is 3.77. The van der Waals surface area contributed by atoms with Gasteiger partial charge in [0.15, 0.2) is 0 Å². The number of piperidine rings is 1. The number of carbonyl (C=O) groups excluding carboxylic acids is 1. The Kier molecular flexibility index (Phi) is 8.53. The summed E-state index contributed by atoms with van der Waals surface area (Å²) >= 11 is 0. The molecule has 1 fully saturated rings. The SMILES string of the molecule is COC(=O)c1ccc2c(c1)c(CNC1CCCNC1)cn2-c1ccccc1.Cl.Cl. The molecule has 156 valence electrons. The van der Waals surface area contributed by atoms with Gasteiger partial charge in [0.05, 0.1) is 18.2 Å². The zero-order valence-electron chi connectivity index (χ0n) is 16.4. The van der Waals surface area contributed by atoms with E-state index >= 15 is 0 Å². The van der Waals surface area contributed by atoms with Gasteiger partial charge in [-0.3, -0.25) is 0 Å². The molecular formula is C22H27Cl2N3O2. The van der Waals surface area contributed by atoms with Crippen LogP contribution in [0, 0.1) is 0 Å². The van der Waals surface area contributed by atoms with Gasteiger partial charge in [0.2, 0.25) is 0 Å². The Balaban J connectivity index is 0.00000150. The van der Waals surface area contributed by atoms with E-state index in [0.717, 1.165) is 36.2 Å². The van der Waals surface area contributed by atoms with Gasteiger partial charge in [-0.1, -0.05) is 18.2 Å². The zero-order valence-corrected chi connectivity index (χ0v) is 18.0.